The summed E-state index contributed by atoms with van der Waals surface area (Å²) >= 11 is 3.27. The van der Waals surface area contributed by atoms with Crippen LogP contribution in [-0.4, -0.2) is 6.03 Å². The van der Waals surface area contributed by atoms with Crippen LogP contribution in [0.4, 0.5) is 25.0 Å². The molecule has 0 saturated heterocycles. The first-order valence-corrected chi connectivity index (χ1v) is 6.12. The lowest BCUT2D eigenvalue weighted by Gasteiger charge is -2.08. The van der Waals surface area contributed by atoms with Gasteiger partial charge < -0.3 is 10.6 Å². The van der Waals surface area contributed by atoms with E-state index in [0.717, 1.165) is 16.6 Å². The molecular weight excluding hydrogens is 318 g/mol. The molecule has 3 nitrogen and oxygen atoms in total. The molecule has 98 valence electrons. The first-order valence-electron chi connectivity index (χ1n) is 5.33. The predicted octanol–water partition coefficient (Wildman–Crippen LogP) is 4.37. The molecule has 0 aliphatic heterocycles. The zero-order valence-corrected chi connectivity index (χ0v) is 11.2. The molecule has 6 heteroatoms. The fourth-order valence-corrected chi connectivity index (χ4v) is 1.66. The smallest absolute Gasteiger partial charge is 0.308 e. The quantitative estimate of drug-likeness (QED) is 0.845. The van der Waals surface area contributed by atoms with Crippen molar-refractivity contribution in [1.29, 1.82) is 0 Å². The third-order valence-corrected chi connectivity index (χ3v) is 2.81. The lowest BCUT2D eigenvalue weighted by atomic mass is 10.3. The van der Waals surface area contributed by atoms with Gasteiger partial charge in [0, 0.05) is 21.9 Å². The highest BCUT2D eigenvalue weighted by Crippen LogP contribution is 2.16. The van der Waals surface area contributed by atoms with Gasteiger partial charge >= 0.3 is 6.03 Å². The van der Waals surface area contributed by atoms with Crippen LogP contribution in [0.3, 0.4) is 0 Å². The minimum absolute atomic E-state index is 0.175. The van der Waals surface area contributed by atoms with Crippen molar-refractivity contribution in [3.8, 4) is 0 Å². The number of rotatable bonds is 2. The van der Waals surface area contributed by atoms with Crippen LogP contribution in [0.15, 0.2) is 46.9 Å². The van der Waals surface area contributed by atoms with Gasteiger partial charge in [0.15, 0.2) is 11.6 Å². The summed E-state index contributed by atoms with van der Waals surface area (Å²) in [5.74, 6) is -1.97. The number of amides is 2. The van der Waals surface area contributed by atoms with Gasteiger partial charge in [0.1, 0.15) is 0 Å². The maximum absolute atomic E-state index is 12.9. The second-order valence-electron chi connectivity index (χ2n) is 3.71. The molecule has 2 N–H and O–H groups in total. The second kappa shape index (κ2) is 5.79. The molecule has 0 spiro atoms. The topological polar surface area (TPSA) is 41.1 Å². The van der Waals surface area contributed by atoms with Gasteiger partial charge in [0.2, 0.25) is 0 Å². The molecule has 2 rings (SSSR count). The van der Waals surface area contributed by atoms with E-state index in [9.17, 15) is 13.6 Å². The van der Waals surface area contributed by atoms with Gasteiger partial charge in [-0.3, -0.25) is 0 Å². The Morgan fingerprint density at radius 3 is 2.11 bits per heavy atom. The SMILES string of the molecule is O=C(Nc1ccc(Br)cc1)Nc1ccc(F)c(F)c1. The zero-order valence-electron chi connectivity index (χ0n) is 9.58. The largest absolute Gasteiger partial charge is 0.323 e. The van der Waals surface area contributed by atoms with Crippen LogP contribution in [-0.2, 0) is 0 Å². The number of hydrogen-bond acceptors (Lipinski definition) is 1. The number of hydrogen-bond donors (Lipinski definition) is 2. The molecule has 0 fully saturated rings. The maximum atomic E-state index is 12.9. The maximum Gasteiger partial charge on any atom is 0.323 e. The Hall–Kier alpha value is -1.95. The third-order valence-electron chi connectivity index (χ3n) is 2.28. The van der Waals surface area contributed by atoms with Gasteiger partial charge in [0.25, 0.3) is 0 Å². The van der Waals surface area contributed by atoms with E-state index in [1.807, 2.05) is 0 Å². The molecule has 0 unspecified atom stereocenters. The van der Waals surface area contributed by atoms with Gasteiger partial charge in [-0.25, -0.2) is 13.6 Å². The number of carbonyl (C=O) groups is 1. The van der Waals surface area contributed by atoms with Crippen LogP contribution in [0, 0.1) is 11.6 Å². The summed E-state index contributed by atoms with van der Waals surface area (Å²) in [5, 5.41) is 4.97. The number of halogens is 3. The molecule has 2 amide bonds. The molecule has 0 bridgehead atoms. The molecule has 2 aromatic carbocycles. The van der Waals surface area contributed by atoms with Gasteiger partial charge in [-0.2, -0.15) is 0 Å². The van der Waals surface area contributed by atoms with Crippen molar-refractivity contribution in [3.05, 3.63) is 58.6 Å². The highest BCUT2D eigenvalue weighted by atomic mass is 79.9. The highest BCUT2D eigenvalue weighted by molar-refractivity contribution is 9.10. The Labute approximate surface area is 116 Å². The minimum Gasteiger partial charge on any atom is -0.308 e. The number of benzene rings is 2. The molecule has 19 heavy (non-hydrogen) atoms. The highest BCUT2D eigenvalue weighted by Gasteiger charge is 2.06. The molecule has 0 aromatic heterocycles. The number of urea groups is 1. The molecule has 2 aromatic rings. The Morgan fingerprint density at radius 1 is 0.895 bits per heavy atom. The summed E-state index contributed by atoms with van der Waals surface area (Å²) in [6.45, 7) is 0. The number of carbonyl (C=O) groups excluding carboxylic acids is 1. The van der Waals surface area contributed by atoms with Crippen molar-refractivity contribution in [2.45, 2.75) is 0 Å². The second-order valence-corrected chi connectivity index (χ2v) is 4.63. The molecule has 0 radical (unpaired) electrons. The normalized spacial score (nSPS) is 10.1. The van der Waals surface area contributed by atoms with Gasteiger partial charge in [-0.1, -0.05) is 15.9 Å². The predicted molar refractivity (Wildman–Crippen MR) is 73.1 cm³/mol. The van der Waals surface area contributed by atoms with Crippen molar-refractivity contribution < 1.29 is 13.6 Å². The van der Waals surface area contributed by atoms with Crippen LogP contribution in [0.5, 0.6) is 0 Å². The summed E-state index contributed by atoms with van der Waals surface area (Å²) < 4.78 is 26.6. The van der Waals surface area contributed by atoms with Crippen LogP contribution in [0.1, 0.15) is 0 Å². The Kier molecular flexibility index (Phi) is 4.11. The van der Waals surface area contributed by atoms with Crippen LogP contribution in [0.25, 0.3) is 0 Å². The third kappa shape index (κ3) is 3.75. The fraction of sp³-hybridized carbons (Fsp3) is 0. The Bertz CT molecular complexity index is 602. The number of anilines is 2. The van der Waals surface area contributed by atoms with Crippen LogP contribution in [0.2, 0.25) is 0 Å². The zero-order chi connectivity index (χ0) is 13.8. The number of nitrogens with one attached hydrogen (secondary N) is 2. The average molecular weight is 327 g/mol. The van der Waals surface area contributed by atoms with E-state index < -0.39 is 17.7 Å². The molecule has 0 aliphatic carbocycles. The van der Waals surface area contributed by atoms with Crippen LogP contribution >= 0.6 is 15.9 Å². The van der Waals surface area contributed by atoms with Crippen LogP contribution < -0.4 is 10.6 Å². The van der Waals surface area contributed by atoms with Crippen molar-refractivity contribution >= 4 is 33.3 Å². The van der Waals surface area contributed by atoms with E-state index in [1.54, 1.807) is 24.3 Å². The van der Waals surface area contributed by atoms with Crippen molar-refractivity contribution in [1.82, 2.24) is 0 Å². The van der Waals surface area contributed by atoms with E-state index in [4.69, 9.17) is 0 Å². The van der Waals surface area contributed by atoms with E-state index in [-0.39, 0.29) is 5.69 Å². The summed E-state index contributed by atoms with van der Waals surface area (Å²) in [5.41, 5.74) is 0.761. The lowest BCUT2D eigenvalue weighted by Crippen LogP contribution is -2.19. The molecule has 0 atom stereocenters. The van der Waals surface area contributed by atoms with Crippen molar-refractivity contribution in [2.75, 3.05) is 10.6 Å². The summed E-state index contributed by atoms with van der Waals surface area (Å²) in [7, 11) is 0. The summed E-state index contributed by atoms with van der Waals surface area (Å²) in [4.78, 5) is 11.6. The van der Waals surface area contributed by atoms with Crippen molar-refractivity contribution in [2.24, 2.45) is 0 Å². The van der Waals surface area contributed by atoms with E-state index in [2.05, 4.69) is 26.6 Å². The summed E-state index contributed by atoms with van der Waals surface area (Å²) in [6, 6.07) is 9.55. The minimum atomic E-state index is -1.01. The van der Waals surface area contributed by atoms with Crippen molar-refractivity contribution in [3.63, 3.8) is 0 Å². The van der Waals surface area contributed by atoms with Gasteiger partial charge in [-0.15, -0.1) is 0 Å². The van der Waals surface area contributed by atoms with Gasteiger partial charge in [0.05, 0.1) is 0 Å². The lowest BCUT2D eigenvalue weighted by molar-refractivity contribution is 0.262. The molecular formula is C13H9BrF2N2O. The molecule has 0 saturated carbocycles. The van der Waals surface area contributed by atoms with E-state index in [1.165, 1.54) is 6.07 Å². The average Bonchev–Trinajstić information content (AvgIpc) is 2.37. The Morgan fingerprint density at radius 2 is 1.47 bits per heavy atom. The van der Waals surface area contributed by atoms with Gasteiger partial charge in [-0.05, 0) is 36.4 Å². The summed E-state index contributed by atoms with van der Waals surface area (Å²) in [6.07, 6.45) is 0. The standard InChI is InChI=1S/C13H9BrF2N2O/c14-8-1-3-9(4-2-8)17-13(19)18-10-5-6-11(15)12(16)7-10/h1-7H,(H2,17,18,19). The first-order chi connectivity index (χ1) is 9.04. The first kappa shape index (κ1) is 13.5. The van der Waals surface area contributed by atoms with E-state index >= 15 is 0 Å². The Balaban J connectivity index is 2.01. The molecule has 0 heterocycles. The monoisotopic (exact) mass is 326 g/mol. The fourth-order valence-electron chi connectivity index (χ4n) is 1.40. The molecule has 0 aliphatic rings. The van der Waals surface area contributed by atoms with E-state index in [0.29, 0.717) is 5.69 Å².